The quantitative estimate of drug-likeness (QED) is 0.735. The summed E-state index contributed by atoms with van der Waals surface area (Å²) in [5.41, 5.74) is 4.35. The first-order valence-corrected chi connectivity index (χ1v) is 6.46. The van der Waals surface area contributed by atoms with E-state index in [-0.39, 0.29) is 0 Å². The molecule has 0 bridgehead atoms. The molecule has 2 aromatic heterocycles. The molecule has 6 nitrogen and oxygen atoms in total. The fraction of sp³-hybridized carbons (Fsp3) is 0.214. The van der Waals surface area contributed by atoms with Gasteiger partial charge < -0.3 is 5.32 Å². The third kappa shape index (κ3) is 2.92. The Labute approximate surface area is 116 Å². The van der Waals surface area contributed by atoms with Gasteiger partial charge in [0, 0.05) is 32.5 Å². The van der Waals surface area contributed by atoms with Crippen molar-refractivity contribution in [2.45, 2.75) is 13.1 Å². The van der Waals surface area contributed by atoms with Crippen LogP contribution in [0.15, 0.2) is 42.7 Å². The summed E-state index contributed by atoms with van der Waals surface area (Å²) in [6.07, 6.45) is 3.67. The lowest BCUT2D eigenvalue weighted by Crippen LogP contribution is -2.12. The Morgan fingerprint density at radius 3 is 2.65 bits per heavy atom. The van der Waals surface area contributed by atoms with E-state index in [2.05, 4.69) is 50.1 Å². The molecular formula is C14H16N6. The van der Waals surface area contributed by atoms with E-state index < -0.39 is 0 Å². The summed E-state index contributed by atoms with van der Waals surface area (Å²) in [7, 11) is 1.87. The van der Waals surface area contributed by atoms with Crippen molar-refractivity contribution in [2.24, 2.45) is 7.05 Å². The maximum atomic E-state index is 4.03. The third-order valence-corrected chi connectivity index (χ3v) is 3.05. The smallest absolute Gasteiger partial charge is 0.0964 e. The van der Waals surface area contributed by atoms with Crippen LogP contribution in [-0.2, 0) is 20.1 Å². The first-order valence-electron chi connectivity index (χ1n) is 6.46. The van der Waals surface area contributed by atoms with E-state index >= 15 is 0 Å². The van der Waals surface area contributed by atoms with Gasteiger partial charge in [0.1, 0.15) is 0 Å². The molecule has 0 aliphatic heterocycles. The van der Waals surface area contributed by atoms with E-state index in [1.54, 1.807) is 10.9 Å². The van der Waals surface area contributed by atoms with Crippen LogP contribution >= 0.6 is 0 Å². The van der Waals surface area contributed by atoms with Gasteiger partial charge in [-0.2, -0.15) is 5.10 Å². The van der Waals surface area contributed by atoms with Crippen molar-refractivity contribution in [3.05, 3.63) is 54.0 Å². The minimum Gasteiger partial charge on any atom is -0.307 e. The number of aryl methyl sites for hydroxylation is 1. The first-order chi connectivity index (χ1) is 9.81. The average Bonchev–Trinajstić information content (AvgIpc) is 3.11. The Kier molecular flexibility index (Phi) is 3.56. The fourth-order valence-corrected chi connectivity index (χ4v) is 2.03. The van der Waals surface area contributed by atoms with Crippen LogP contribution in [0.1, 0.15) is 11.3 Å². The van der Waals surface area contributed by atoms with Gasteiger partial charge in [0.2, 0.25) is 0 Å². The summed E-state index contributed by atoms with van der Waals surface area (Å²) >= 11 is 0. The molecular weight excluding hydrogens is 252 g/mol. The maximum Gasteiger partial charge on any atom is 0.0964 e. The lowest BCUT2D eigenvalue weighted by molar-refractivity contribution is 0.674. The van der Waals surface area contributed by atoms with Crippen LogP contribution in [0.5, 0.6) is 0 Å². The molecule has 0 spiro atoms. The highest BCUT2D eigenvalue weighted by atomic mass is 15.4. The second kappa shape index (κ2) is 5.66. The van der Waals surface area contributed by atoms with E-state index in [1.165, 1.54) is 5.56 Å². The van der Waals surface area contributed by atoms with E-state index in [4.69, 9.17) is 0 Å². The summed E-state index contributed by atoms with van der Waals surface area (Å²) in [6, 6.07) is 10.4. The molecule has 2 N–H and O–H groups in total. The molecule has 0 atom stereocenters. The number of aromatic amines is 1. The molecule has 3 aromatic rings. The zero-order valence-corrected chi connectivity index (χ0v) is 11.2. The van der Waals surface area contributed by atoms with Gasteiger partial charge in [0.25, 0.3) is 0 Å². The minimum atomic E-state index is 0.718. The Balaban J connectivity index is 1.56. The van der Waals surface area contributed by atoms with Crippen LogP contribution in [0, 0.1) is 0 Å². The highest BCUT2D eigenvalue weighted by Gasteiger charge is 2.00. The van der Waals surface area contributed by atoms with Crippen LogP contribution in [0.4, 0.5) is 0 Å². The molecule has 1 aromatic carbocycles. The van der Waals surface area contributed by atoms with Crippen LogP contribution in [0.2, 0.25) is 0 Å². The SMILES string of the molecule is Cn1cc(CNCc2ccc(-c3ccn[nH]3)cc2)nn1. The monoisotopic (exact) mass is 268 g/mol. The van der Waals surface area contributed by atoms with E-state index in [9.17, 15) is 0 Å². The first kappa shape index (κ1) is 12.6. The van der Waals surface area contributed by atoms with Gasteiger partial charge in [0.05, 0.1) is 11.4 Å². The summed E-state index contributed by atoms with van der Waals surface area (Å²) in [6.45, 7) is 1.52. The van der Waals surface area contributed by atoms with Gasteiger partial charge in [0.15, 0.2) is 0 Å². The Morgan fingerprint density at radius 2 is 2.00 bits per heavy atom. The number of aromatic nitrogens is 5. The van der Waals surface area contributed by atoms with Gasteiger partial charge in [-0.1, -0.05) is 29.5 Å². The number of nitrogens with one attached hydrogen (secondary N) is 2. The molecule has 0 saturated heterocycles. The molecule has 0 saturated carbocycles. The maximum absolute atomic E-state index is 4.03. The van der Waals surface area contributed by atoms with Gasteiger partial charge >= 0.3 is 0 Å². The number of hydrogen-bond acceptors (Lipinski definition) is 4. The van der Waals surface area contributed by atoms with Crippen LogP contribution in [-0.4, -0.2) is 25.2 Å². The predicted molar refractivity (Wildman–Crippen MR) is 75.6 cm³/mol. The molecule has 0 amide bonds. The van der Waals surface area contributed by atoms with Gasteiger partial charge in [-0.05, 0) is 17.2 Å². The van der Waals surface area contributed by atoms with E-state index in [1.807, 2.05) is 19.3 Å². The lowest BCUT2D eigenvalue weighted by atomic mass is 10.1. The molecule has 0 fully saturated rings. The molecule has 6 heteroatoms. The normalized spacial score (nSPS) is 10.8. The highest BCUT2D eigenvalue weighted by molar-refractivity contribution is 5.58. The van der Waals surface area contributed by atoms with E-state index in [0.29, 0.717) is 0 Å². The van der Waals surface area contributed by atoms with Crippen molar-refractivity contribution >= 4 is 0 Å². The van der Waals surface area contributed by atoms with Crippen molar-refractivity contribution < 1.29 is 0 Å². The van der Waals surface area contributed by atoms with Gasteiger partial charge in [-0.15, -0.1) is 5.10 Å². The molecule has 2 heterocycles. The number of H-pyrrole nitrogens is 1. The number of hydrogen-bond donors (Lipinski definition) is 2. The number of nitrogens with zero attached hydrogens (tertiary/aromatic N) is 4. The molecule has 0 unspecified atom stereocenters. The topological polar surface area (TPSA) is 71.4 Å². The van der Waals surface area contributed by atoms with Crippen molar-refractivity contribution in [3.8, 4) is 11.3 Å². The predicted octanol–water partition coefficient (Wildman–Crippen LogP) is 1.49. The summed E-state index contributed by atoms with van der Waals surface area (Å²) in [4.78, 5) is 0. The number of benzene rings is 1. The Hall–Kier alpha value is -2.47. The summed E-state index contributed by atoms with van der Waals surface area (Å²) in [5.74, 6) is 0. The second-order valence-electron chi connectivity index (χ2n) is 4.65. The van der Waals surface area contributed by atoms with E-state index in [0.717, 1.165) is 30.0 Å². The zero-order chi connectivity index (χ0) is 13.8. The Bertz CT molecular complexity index is 653. The molecule has 0 aliphatic carbocycles. The second-order valence-corrected chi connectivity index (χ2v) is 4.65. The third-order valence-electron chi connectivity index (χ3n) is 3.05. The number of rotatable bonds is 5. The van der Waals surface area contributed by atoms with Crippen LogP contribution in [0.25, 0.3) is 11.3 Å². The molecule has 3 rings (SSSR count). The average molecular weight is 268 g/mol. The largest absolute Gasteiger partial charge is 0.307 e. The van der Waals surface area contributed by atoms with Crippen molar-refractivity contribution in [1.82, 2.24) is 30.5 Å². The highest BCUT2D eigenvalue weighted by Crippen LogP contribution is 2.16. The molecule has 0 aliphatic rings. The van der Waals surface area contributed by atoms with Gasteiger partial charge in [-0.25, -0.2) is 0 Å². The minimum absolute atomic E-state index is 0.718. The zero-order valence-electron chi connectivity index (χ0n) is 11.2. The molecule has 102 valence electrons. The van der Waals surface area contributed by atoms with Crippen LogP contribution < -0.4 is 5.32 Å². The van der Waals surface area contributed by atoms with Gasteiger partial charge in [-0.3, -0.25) is 9.78 Å². The fourth-order valence-electron chi connectivity index (χ4n) is 2.03. The van der Waals surface area contributed by atoms with Crippen molar-refractivity contribution in [1.29, 1.82) is 0 Å². The summed E-state index contributed by atoms with van der Waals surface area (Å²) in [5, 5.41) is 18.2. The Morgan fingerprint density at radius 1 is 1.15 bits per heavy atom. The summed E-state index contributed by atoms with van der Waals surface area (Å²) < 4.78 is 1.70. The standard InChI is InChI=1S/C14H16N6/c1-20-10-13(17-19-20)9-15-8-11-2-4-12(5-3-11)14-6-7-16-18-14/h2-7,10,15H,8-9H2,1H3,(H,16,18). The molecule has 20 heavy (non-hydrogen) atoms. The lowest BCUT2D eigenvalue weighted by Gasteiger charge is -2.04. The van der Waals surface area contributed by atoms with Crippen LogP contribution in [0.3, 0.4) is 0 Å². The molecule has 0 radical (unpaired) electrons. The van der Waals surface area contributed by atoms with Crippen molar-refractivity contribution in [3.63, 3.8) is 0 Å². The van der Waals surface area contributed by atoms with Crippen molar-refractivity contribution in [2.75, 3.05) is 0 Å².